The van der Waals surface area contributed by atoms with Gasteiger partial charge in [0, 0.05) is 17.0 Å². The Balaban J connectivity index is 1.93. The smallest absolute Gasteiger partial charge is 0.359 e. The van der Waals surface area contributed by atoms with Gasteiger partial charge < -0.3 is 4.74 Å². The first-order valence-electron chi connectivity index (χ1n) is 8.01. The Morgan fingerprint density at radius 2 is 1.80 bits per heavy atom. The first-order valence-corrected chi connectivity index (χ1v) is 8.39. The van der Waals surface area contributed by atoms with E-state index in [0.717, 1.165) is 12.0 Å². The Bertz CT molecular complexity index is 965. The molecule has 5 nitrogen and oxygen atoms in total. The van der Waals surface area contributed by atoms with E-state index in [9.17, 15) is 9.59 Å². The molecule has 2 aromatic carbocycles. The number of rotatable bonds is 5. The van der Waals surface area contributed by atoms with Crippen LogP contribution in [-0.4, -0.2) is 15.7 Å². The van der Waals surface area contributed by atoms with E-state index >= 15 is 0 Å². The van der Waals surface area contributed by atoms with Gasteiger partial charge >= 0.3 is 5.97 Å². The highest BCUT2D eigenvalue weighted by Crippen LogP contribution is 2.16. The van der Waals surface area contributed by atoms with Gasteiger partial charge in [-0.3, -0.25) is 4.79 Å². The second-order valence-corrected chi connectivity index (χ2v) is 6.06. The number of carbonyl (C=O) groups excluding carboxylic acids is 1. The zero-order valence-corrected chi connectivity index (χ0v) is 14.5. The summed E-state index contributed by atoms with van der Waals surface area (Å²) in [4.78, 5) is 25.0. The molecule has 0 atom stereocenters. The van der Waals surface area contributed by atoms with Gasteiger partial charge in [-0.25, -0.2) is 9.48 Å². The molecule has 0 fully saturated rings. The molecular weight excluding hydrogens is 340 g/mol. The molecule has 3 rings (SSSR count). The third-order valence-corrected chi connectivity index (χ3v) is 4.03. The first-order chi connectivity index (χ1) is 12.1. The maximum Gasteiger partial charge on any atom is 0.359 e. The monoisotopic (exact) mass is 356 g/mol. The molecule has 0 saturated carbocycles. The minimum atomic E-state index is -0.559. The average Bonchev–Trinajstić information content (AvgIpc) is 2.63. The van der Waals surface area contributed by atoms with Crippen LogP contribution < -0.4 is 5.56 Å². The first kappa shape index (κ1) is 17.2. The van der Waals surface area contributed by atoms with Gasteiger partial charge in [0.15, 0.2) is 5.69 Å². The summed E-state index contributed by atoms with van der Waals surface area (Å²) in [6, 6.07) is 14.0. The second-order valence-electron chi connectivity index (χ2n) is 5.63. The lowest BCUT2D eigenvalue weighted by Crippen LogP contribution is -2.26. The largest absolute Gasteiger partial charge is 0.456 e. The highest BCUT2D eigenvalue weighted by Gasteiger charge is 2.17. The Hall–Kier alpha value is -2.66. The molecule has 6 heteroatoms. The summed E-state index contributed by atoms with van der Waals surface area (Å²) in [6.45, 7) is 2.50. The molecule has 0 spiro atoms. The van der Waals surface area contributed by atoms with E-state index in [-0.39, 0.29) is 17.9 Å². The standard InChI is InChI=1S/C19H17ClN2O3/c1-2-11-22-18(23)16-6-4-3-5-15(16)17(21-22)19(24)25-12-13-7-9-14(20)10-8-13/h3-10H,2,11-12H2,1H3. The van der Waals surface area contributed by atoms with Crippen molar-refractivity contribution in [1.82, 2.24) is 9.78 Å². The Morgan fingerprint density at radius 3 is 2.48 bits per heavy atom. The quantitative estimate of drug-likeness (QED) is 0.652. The van der Waals surface area contributed by atoms with Crippen molar-refractivity contribution in [3.63, 3.8) is 0 Å². The van der Waals surface area contributed by atoms with Gasteiger partial charge in [0.1, 0.15) is 6.61 Å². The van der Waals surface area contributed by atoms with Crippen molar-refractivity contribution < 1.29 is 9.53 Å². The summed E-state index contributed by atoms with van der Waals surface area (Å²) in [6.07, 6.45) is 0.741. The van der Waals surface area contributed by atoms with Crippen molar-refractivity contribution in [3.8, 4) is 0 Å². The molecule has 0 aliphatic heterocycles. The minimum absolute atomic E-state index is 0.110. The number of hydrogen-bond donors (Lipinski definition) is 0. The molecule has 1 heterocycles. The van der Waals surface area contributed by atoms with Gasteiger partial charge in [-0.1, -0.05) is 48.9 Å². The van der Waals surface area contributed by atoms with Crippen LogP contribution in [0.3, 0.4) is 0 Å². The summed E-state index contributed by atoms with van der Waals surface area (Å²) >= 11 is 5.85. The zero-order chi connectivity index (χ0) is 17.8. The topological polar surface area (TPSA) is 61.2 Å². The van der Waals surface area contributed by atoms with Crippen molar-refractivity contribution in [2.75, 3.05) is 0 Å². The third kappa shape index (κ3) is 3.72. The van der Waals surface area contributed by atoms with E-state index < -0.39 is 5.97 Å². The lowest BCUT2D eigenvalue weighted by molar-refractivity contribution is 0.0465. The minimum Gasteiger partial charge on any atom is -0.456 e. The molecule has 25 heavy (non-hydrogen) atoms. The van der Waals surface area contributed by atoms with Gasteiger partial charge in [-0.05, 0) is 30.2 Å². The van der Waals surface area contributed by atoms with Gasteiger partial charge in [0.2, 0.25) is 0 Å². The normalized spacial score (nSPS) is 10.8. The number of hydrogen-bond acceptors (Lipinski definition) is 4. The molecule has 0 radical (unpaired) electrons. The molecule has 0 amide bonds. The van der Waals surface area contributed by atoms with Crippen molar-refractivity contribution in [2.45, 2.75) is 26.5 Å². The maximum atomic E-state index is 12.5. The number of halogens is 1. The number of fused-ring (bicyclic) bond motifs is 1. The van der Waals surface area contributed by atoms with Crippen LogP contribution in [0.25, 0.3) is 10.8 Å². The van der Waals surface area contributed by atoms with Gasteiger partial charge in [0.05, 0.1) is 5.39 Å². The van der Waals surface area contributed by atoms with Crippen LogP contribution in [-0.2, 0) is 17.9 Å². The number of ether oxygens (including phenoxy) is 1. The molecule has 0 bridgehead atoms. The van der Waals surface area contributed by atoms with E-state index in [2.05, 4.69) is 5.10 Å². The van der Waals surface area contributed by atoms with E-state index in [0.29, 0.717) is 22.3 Å². The highest BCUT2D eigenvalue weighted by molar-refractivity contribution is 6.30. The predicted molar refractivity (Wildman–Crippen MR) is 96.9 cm³/mol. The van der Waals surface area contributed by atoms with E-state index in [1.54, 1.807) is 48.5 Å². The lowest BCUT2D eigenvalue weighted by atomic mass is 10.1. The maximum absolute atomic E-state index is 12.5. The summed E-state index contributed by atoms with van der Waals surface area (Å²) in [5.74, 6) is -0.559. The fourth-order valence-electron chi connectivity index (χ4n) is 2.55. The summed E-state index contributed by atoms with van der Waals surface area (Å²) in [5.41, 5.74) is 0.772. The zero-order valence-electron chi connectivity index (χ0n) is 13.7. The van der Waals surface area contributed by atoms with Crippen LogP contribution in [0.5, 0.6) is 0 Å². The van der Waals surface area contributed by atoms with Crippen LogP contribution in [0.15, 0.2) is 53.3 Å². The van der Waals surface area contributed by atoms with Gasteiger partial charge in [-0.15, -0.1) is 0 Å². The molecule has 0 saturated heterocycles. The summed E-state index contributed by atoms with van der Waals surface area (Å²) < 4.78 is 6.70. The van der Waals surface area contributed by atoms with E-state index in [4.69, 9.17) is 16.3 Å². The predicted octanol–water partition coefficient (Wildman–Crippen LogP) is 3.82. The Morgan fingerprint density at radius 1 is 1.12 bits per heavy atom. The Labute approximate surface area is 149 Å². The highest BCUT2D eigenvalue weighted by atomic mass is 35.5. The molecule has 0 aliphatic carbocycles. The van der Waals surface area contributed by atoms with Crippen LogP contribution in [0.4, 0.5) is 0 Å². The van der Waals surface area contributed by atoms with Crippen molar-refractivity contribution in [2.24, 2.45) is 0 Å². The van der Waals surface area contributed by atoms with E-state index in [1.165, 1.54) is 4.68 Å². The average molecular weight is 357 g/mol. The van der Waals surface area contributed by atoms with Crippen molar-refractivity contribution in [1.29, 1.82) is 0 Å². The summed E-state index contributed by atoms with van der Waals surface area (Å²) in [5, 5.41) is 5.81. The third-order valence-electron chi connectivity index (χ3n) is 3.78. The molecule has 1 aromatic heterocycles. The second kappa shape index (κ2) is 7.49. The van der Waals surface area contributed by atoms with E-state index in [1.807, 2.05) is 6.92 Å². The van der Waals surface area contributed by atoms with Crippen LogP contribution in [0.2, 0.25) is 5.02 Å². The fourth-order valence-corrected chi connectivity index (χ4v) is 2.67. The lowest BCUT2D eigenvalue weighted by Gasteiger charge is -2.10. The molecular formula is C19H17ClN2O3. The van der Waals surface area contributed by atoms with Crippen LogP contribution in [0.1, 0.15) is 29.4 Å². The molecule has 3 aromatic rings. The van der Waals surface area contributed by atoms with Crippen molar-refractivity contribution in [3.05, 3.63) is 75.2 Å². The number of carbonyl (C=O) groups is 1. The van der Waals surface area contributed by atoms with Crippen LogP contribution in [0, 0.1) is 0 Å². The SMILES string of the molecule is CCCn1nc(C(=O)OCc2ccc(Cl)cc2)c2ccccc2c1=O. The molecule has 0 N–H and O–H groups in total. The fraction of sp³-hybridized carbons (Fsp3) is 0.211. The number of aryl methyl sites for hydroxylation is 1. The van der Waals surface area contributed by atoms with Crippen molar-refractivity contribution >= 4 is 28.3 Å². The number of esters is 1. The number of aromatic nitrogens is 2. The van der Waals surface area contributed by atoms with Gasteiger partial charge in [-0.2, -0.15) is 5.10 Å². The number of nitrogens with zero attached hydrogens (tertiary/aromatic N) is 2. The summed E-state index contributed by atoms with van der Waals surface area (Å²) in [7, 11) is 0. The number of benzene rings is 2. The molecule has 0 aliphatic rings. The Kier molecular flexibility index (Phi) is 5.14. The molecule has 0 unspecified atom stereocenters. The van der Waals surface area contributed by atoms with Gasteiger partial charge in [0.25, 0.3) is 5.56 Å². The molecule has 128 valence electrons. The van der Waals surface area contributed by atoms with Crippen LogP contribution >= 0.6 is 11.6 Å².